The average Bonchev–Trinajstić information content (AvgIpc) is 2.73. The predicted octanol–water partition coefficient (Wildman–Crippen LogP) is 1.58. The van der Waals surface area contributed by atoms with E-state index in [2.05, 4.69) is 40.3 Å². The van der Waals surface area contributed by atoms with Crippen LogP contribution in [0.4, 0.5) is 0 Å². The van der Waals surface area contributed by atoms with Gasteiger partial charge in [-0.15, -0.1) is 0 Å². The normalized spacial score (nSPS) is 11.4. The van der Waals surface area contributed by atoms with E-state index in [0.717, 1.165) is 12.1 Å². The monoisotopic (exact) mass is 231 g/mol. The van der Waals surface area contributed by atoms with E-state index in [1.807, 2.05) is 12.1 Å². The molecule has 4 heteroatoms. The van der Waals surface area contributed by atoms with Crippen LogP contribution < -0.4 is 5.43 Å². The minimum absolute atomic E-state index is 0.0913. The number of hydrogen-bond acceptors (Lipinski definition) is 3. The largest absolute Gasteiger partial charge is 0.394 e. The molecule has 0 amide bonds. The average molecular weight is 231 g/mol. The van der Waals surface area contributed by atoms with Crippen LogP contribution in [0.15, 0.2) is 35.6 Å². The summed E-state index contributed by atoms with van der Waals surface area (Å²) in [6.45, 7) is 3.63. The number of nitrogens with one attached hydrogen (secondary N) is 1. The number of aromatic nitrogens is 1. The van der Waals surface area contributed by atoms with Gasteiger partial charge < -0.3 is 15.1 Å². The van der Waals surface area contributed by atoms with Crippen LogP contribution in [0.3, 0.4) is 0 Å². The molecule has 0 spiro atoms. The fourth-order valence-corrected chi connectivity index (χ4v) is 1.87. The first-order chi connectivity index (χ1) is 8.36. The molecule has 0 aliphatic rings. The maximum absolute atomic E-state index is 8.64. The molecule has 0 aliphatic carbocycles. The molecular formula is C13H17N3O. The SMILES string of the molecule is CCn1cc(/C=N/NCCO)c2ccccc21. The molecule has 0 aliphatic heterocycles. The highest BCUT2D eigenvalue weighted by Gasteiger charge is 2.04. The zero-order chi connectivity index (χ0) is 12.1. The minimum Gasteiger partial charge on any atom is -0.394 e. The van der Waals surface area contributed by atoms with Gasteiger partial charge in [-0.3, -0.25) is 0 Å². The number of nitrogens with zero attached hydrogens (tertiary/aromatic N) is 2. The summed E-state index contributed by atoms with van der Waals surface area (Å²) in [5.74, 6) is 0. The van der Waals surface area contributed by atoms with E-state index in [-0.39, 0.29) is 6.61 Å². The second-order valence-corrected chi connectivity index (χ2v) is 3.78. The van der Waals surface area contributed by atoms with Crippen LogP contribution in [0.25, 0.3) is 10.9 Å². The minimum atomic E-state index is 0.0913. The van der Waals surface area contributed by atoms with E-state index in [1.54, 1.807) is 6.21 Å². The summed E-state index contributed by atoms with van der Waals surface area (Å²) in [6.07, 6.45) is 3.89. The van der Waals surface area contributed by atoms with Crippen molar-refractivity contribution in [3.05, 3.63) is 36.0 Å². The highest BCUT2D eigenvalue weighted by atomic mass is 16.3. The van der Waals surface area contributed by atoms with Gasteiger partial charge in [0.2, 0.25) is 0 Å². The molecule has 2 aromatic rings. The van der Waals surface area contributed by atoms with Crippen molar-refractivity contribution in [3.8, 4) is 0 Å². The van der Waals surface area contributed by atoms with Gasteiger partial charge in [0.25, 0.3) is 0 Å². The van der Waals surface area contributed by atoms with Crippen LogP contribution in [0.5, 0.6) is 0 Å². The number of rotatable bonds is 5. The lowest BCUT2D eigenvalue weighted by Crippen LogP contribution is -2.11. The van der Waals surface area contributed by atoms with Gasteiger partial charge in [0, 0.05) is 29.2 Å². The van der Waals surface area contributed by atoms with Gasteiger partial charge >= 0.3 is 0 Å². The van der Waals surface area contributed by atoms with Gasteiger partial charge in [-0.2, -0.15) is 5.10 Å². The quantitative estimate of drug-likeness (QED) is 0.466. The molecule has 0 fully saturated rings. The lowest BCUT2D eigenvalue weighted by molar-refractivity contribution is 0.294. The molecule has 17 heavy (non-hydrogen) atoms. The topological polar surface area (TPSA) is 49.5 Å². The fourth-order valence-electron chi connectivity index (χ4n) is 1.87. The molecular weight excluding hydrogens is 214 g/mol. The summed E-state index contributed by atoms with van der Waals surface area (Å²) >= 11 is 0. The predicted molar refractivity (Wildman–Crippen MR) is 70.3 cm³/mol. The van der Waals surface area contributed by atoms with Crippen LogP contribution in [0.2, 0.25) is 0 Å². The molecule has 0 unspecified atom stereocenters. The third-order valence-corrected chi connectivity index (χ3v) is 2.68. The Balaban J connectivity index is 2.31. The molecule has 1 heterocycles. The van der Waals surface area contributed by atoms with Crippen LogP contribution in [0, 0.1) is 0 Å². The zero-order valence-electron chi connectivity index (χ0n) is 9.93. The molecule has 2 rings (SSSR count). The summed E-state index contributed by atoms with van der Waals surface area (Å²) in [7, 11) is 0. The van der Waals surface area contributed by atoms with Crippen molar-refractivity contribution in [1.82, 2.24) is 9.99 Å². The summed E-state index contributed by atoms with van der Waals surface area (Å²) in [5, 5.41) is 13.9. The van der Waals surface area contributed by atoms with E-state index in [4.69, 9.17) is 5.11 Å². The number of aliphatic hydroxyl groups is 1. The van der Waals surface area contributed by atoms with Gasteiger partial charge in [0.1, 0.15) is 0 Å². The van der Waals surface area contributed by atoms with Gasteiger partial charge in [-0.1, -0.05) is 18.2 Å². The second kappa shape index (κ2) is 5.50. The molecule has 4 nitrogen and oxygen atoms in total. The van der Waals surface area contributed by atoms with E-state index < -0.39 is 0 Å². The summed E-state index contributed by atoms with van der Waals surface area (Å²) < 4.78 is 2.20. The van der Waals surface area contributed by atoms with Crippen LogP contribution in [-0.2, 0) is 6.54 Å². The molecule has 1 aromatic heterocycles. The number of hydrogen-bond donors (Lipinski definition) is 2. The Morgan fingerprint density at radius 3 is 3.00 bits per heavy atom. The summed E-state index contributed by atoms with van der Waals surface area (Å²) in [6, 6.07) is 8.27. The molecule has 0 atom stereocenters. The highest BCUT2D eigenvalue weighted by Crippen LogP contribution is 2.19. The van der Waals surface area contributed by atoms with Crippen molar-refractivity contribution in [3.63, 3.8) is 0 Å². The van der Waals surface area contributed by atoms with Crippen molar-refractivity contribution in [2.75, 3.05) is 13.2 Å². The lowest BCUT2D eigenvalue weighted by Gasteiger charge is -1.97. The van der Waals surface area contributed by atoms with Gasteiger partial charge in [-0.05, 0) is 13.0 Å². The molecule has 2 N–H and O–H groups in total. The Kier molecular flexibility index (Phi) is 3.77. The summed E-state index contributed by atoms with van der Waals surface area (Å²) in [5.41, 5.74) is 5.10. The summed E-state index contributed by atoms with van der Waals surface area (Å²) in [4.78, 5) is 0. The molecule has 0 radical (unpaired) electrons. The Morgan fingerprint density at radius 2 is 2.24 bits per heavy atom. The van der Waals surface area contributed by atoms with Crippen LogP contribution in [0.1, 0.15) is 12.5 Å². The third-order valence-electron chi connectivity index (χ3n) is 2.68. The highest BCUT2D eigenvalue weighted by molar-refractivity contribution is 5.99. The third kappa shape index (κ3) is 2.47. The molecule has 0 bridgehead atoms. The maximum atomic E-state index is 8.64. The van der Waals surface area contributed by atoms with E-state index in [1.165, 1.54) is 10.9 Å². The molecule has 90 valence electrons. The number of aryl methyl sites for hydroxylation is 1. The van der Waals surface area contributed by atoms with E-state index in [0.29, 0.717) is 6.54 Å². The smallest absolute Gasteiger partial charge is 0.0620 e. The van der Waals surface area contributed by atoms with Crippen molar-refractivity contribution >= 4 is 17.1 Å². The van der Waals surface area contributed by atoms with Crippen molar-refractivity contribution in [2.24, 2.45) is 5.10 Å². The zero-order valence-corrected chi connectivity index (χ0v) is 9.93. The second-order valence-electron chi connectivity index (χ2n) is 3.78. The molecule has 0 saturated carbocycles. The van der Waals surface area contributed by atoms with Crippen molar-refractivity contribution in [1.29, 1.82) is 0 Å². The van der Waals surface area contributed by atoms with Gasteiger partial charge in [0.05, 0.1) is 19.4 Å². The van der Waals surface area contributed by atoms with Crippen LogP contribution >= 0.6 is 0 Å². The Labute approximate surface area is 101 Å². The van der Waals surface area contributed by atoms with E-state index >= 15 is 0 Å². The first kappa shape index (κ1) is 11.7. The number of fused-ring (bicyclic) bond motifs is 1. The number of hydrazone groups is 1. The van der Waals surface area contributed by atoms with Gasteiger partial charge in [-0.25, -0.2) is 0 Å². The maximum Gasteiger partial charge on any atom is 0.0620 e. The molecule has 0 saturated heterocycles. The Bertz CT molecular complexity index is 516. The Morgan fingerprint density at radius 1 is 1.41 bits per heavy atom. The van der Waals surface area contributed by atoms with Crippen molar-refractivity contribution in [2.45, 2.75) is 13.5 Å². The number of aliphatic hydroxyl groups excluding tert-OH is 1. The number of para-hydroxylation sites is 1. The molecule has 1 aromatic carbocycles. The number of benzene rings is 1. The first-order valence-electron chi connectivity index (χ1n) is 5.81. The standard InChI is InChI=1S/C13H17N3O/c1-2-16-10-11(9-15-14-7-8-17)12-5-3-4-6-13(12)16/h3-6,9-10,14,17H,2,7-8H2,1H3/b15-9+. The van der Waals surface area contributed by atoms with Crippen LogP contribution in [-0.4, -0.2) is 29.0 Å². The van der Waals surface area contributed by atoms with E-state index in [9.17, 15) is 0 Å². The van der Waals surface area contributed by atoms with Gasteiger partial charge in [0.15, 0.2) is 0 Å². The fraction of sp³-hybridized carbons (Fsp3) is 0.308. The first-order valence-corrected chi connectivity index (χ1v) is 5.81. The Hall–Kier alpha value is -1.81. The lowest BCUT2D eigenvalue weighted by atomic mass is 10.2. The van der Waals surface area contributed by atoms with Crippen molar-refractivity contribution < 1.29 is 5.11 Å².